The minimum atomic E-state index is -3.63. The van der Waals surface area contributed by atoms with Gasteiger partial charge in [-0.05, 0) is 24.5 Å². The van der Waals surface area contributed by atoms with Crippen molar-refractivity contribution in [3.05, 3.63) is 28.8 Å². The van der Waals surface area contributed by atoms with Gasteiger partial charge in [0.25, 0.3) is 0 Å². The van der Waals surface area contributed by atoms with E-state index in [0.29, 0.717) is 12.0 Å². The van der Waals surface area contributed by atoms with Crippen molar-refractivity contribution < 1.29 is 22.3 Å². The van der Waals surface area contributed by atoms with E-state index in [1.54, 1.807) is 6.07 Å². The molecule has 4 nitrogen and oxygen atoms in total. The Morgan fingerprint density at radius 2 is 1.95 bits per heavy atom. The molecule has 0 saturated heterocycles. The lowest BCUT2D eigenvalue weighted by atomic mass is 10.0. The number of alkyl halides is 1. The van der Waals surface area contributed by atoms with Gasteiger partial charge in [-0.2, -0.15) is 0 Å². The number of benzene rings is 1. The number of ether oxygens (including phenoxy) is 1. The highest BCUT2D eigenvalue weighted by Gasteiger charge is 2.24. The van der Waals surface area contributed by atoms with Crippen LogP contribution in [0.1, 0.15) is 47.7 Å². The van der Waals surface area contributed by atoms with Crippen molar-refractivity contribution in [3.63, 3.8) is 0 Å². The van der Waals surface area contributed by atoms with E-state index in [2.05, 4.69) is 4.74 Å². The first-order valence-electron chi connectivity index (χ1n) is 6.85. The van der Waals surface area contributed by atoms with Gasteiger partial charge < -0.3 is 4.74 Å². The van der Waals surface area contributed by atoms with Crippen molar-refractivity contribution >= 4 is 15.8 Å². The number of sulfone groups is 1. The van der Waals surface area contributed by atoms with Crippen molar-refractivity contribution in [2.24, 2.45) is 0 Å². The predicted octanol–water partition coefficient (Wildman–Crippen LogP) is 3.08. The fraction of sp³-hybridized carbons (Fsp3) is 0.533. The Morgan fingerprint density at radius 1 is 1.29 bits per heavy atom. The van der Waals surface area contributed by atoms with Gasteiger partial charge in [-0.3, -0.25) is 0 Å². The molecule has 6 heteroatoms. The molecule has 1 aromatic carbocycles. The van der Waals surface area contributed by atoms with Gasteiger partial charge in [-0.1, -0.05) is 25.8 Å². The lowest BCUT2D eigenvalue weighted by molar-refractivity contribution is 0.0598. The molecular formula is C15H21FO4S. The van der Waals surface area contributed by atoms with Crippen molar-refractivity contribution in [1.29, 1.82) is 0 Å². The number of carbonyl (C=O) groups is 1. The summed E-state index contributed by atoms with van der Waals surface area (Å²) in [6, 6.07) is 3.02. The van der Waals surface area contributed by atoms with E-state index < -0.39 is 22.5 Å². The summed E-state index contributed by atoms with van der Waals surface area (Å²) < 4.78 is 42.0. The second kappa shape index (κ2) is 7.54. The van der Waals surface area contributed by atoms with Crippen LogP contribution >= 0.6 is 0 Å². The number of hydrogen-bond donors (Lipinski definition) is 0. The normalized spacial score (nSPS) is 11.4. The maximum absolute atomic E-state index is 13.4. The maximum Gasteiger partial charge on any atom is 0.338 e. The molecule has 0 bridgehead atoms. The number of hydrogen-bond acceptors (Lipinski definition) is 4. The van der Waals surface area contributed by atoms with E-state index in [0.717, 1.165) is 25.5 Å². The Balaban J connectivity index is 3.44. The Labute approximate surface area is 125 Å². The fourth-order valence-corrected chi connectivity index (χ4v) is 3.59. The van der Waals surface area contributed by atoms with E-state index in [4.69, 9.17) is 0 Å². The Bertz CT molecular complexity index is 608. The highest BCUT2D eigenvalue weighted by molar-refractivity contribution is 7.90. The summed E-state index contributed by atoms with van der Waals surface area (Å²) in [6.07, 6.45) is 4.37. The first kappa shape index (κ1) is 17.6. The molecule has 0 unspecified atom stereocenters. The number of rotatable bonds is 7. The highest BCUT2D eigenvalue weighted by atomic mass is 32.2. The van der Waals surface area contributed by atoms with Crippen LogP contribution in [0.5, 0.6) is 0 Å². The molecule has 0 atom stereocenters. The molecule has 0 N–H and O–H groups in total. The zero-order chi connectivity index (χ0) is 16.0. The average Bonchev–Trinajstić information content (AvgIpc) is 2.44. The van der Waals surface area contributed by atoms with Crippen molar-refractivity contribution in [2.45, 2.75) is 44.2 Å². The lowest BCUT2D eigenvalue weighted by Gasteiger charge is -2.15. The number of carbonyl (C=O) groups excluding carboxylic acids is 1. The maximum atomic E-state index is 13.4. The SMILES string of the molecule is CCCCCc1ccc(C(=O)OC)c(CF)c1S(C)(=O)=O. The minimum Gasteiger partial charge on any atom is -0.465 e. The Hall–Kier alpha value is -1.43. The van der Waals surface area contributed by atoms with Crippen molar-refractivity contribution in [3.8, 4) is 0 Å². The van der Waals surface area contributed by atoms with Crippen LogP contribution in [0.15, 0.2) is 17.0 Å². The summed E-state index contributed by atoms with van der Waals surface area (Å²) in [5, 5.41) is 0. The van der Waals surface area contributed by atoms with E-state index in [9.17, 15) is 17.6 Å². The van der Waals surface area contributed by atoms with Gasteiger partial charge >= 0.3 is 5.97 Å². The van der Waals surface area contributed by atoms with E-state index in [-0.39, 0.29) is 16.0 Å². The molecule has 0 aliphatic rings. The largest absolute Gasteiger partial charge is 0.465 e. The van der Waals surface area contributed by atoms with Gasteiger partial charge in [0.05, 0.1) is 17.6 Å². The molecule has 1 aromatic rings. The van der Waals surface area contributed by atoms with Crippen LogP contribution in [0.25, 0.3) is 0 Å². The van der Waals surface area contributed by atoms with Gasteiger partial charge in [-0.25, -0.2) is 17.6 Å². The Kier molecular flexibility index (Phi) is 6.33. The van der Waals surface area contributed by atoms with Crippen molar-refractivity contribution in [2.75, 3.05) is 13.4 Å². The zero-order valence-corrected chi connectivity index (χ0v) is 13.4. The van der Waals surface area contributed by atoms with Crippen LogP contribution in [0.3, 0.4) is 0 Å². The van der Waals surface area contributed by atoms with Crippen LogP contribution in [0.4, 0.5) is 4.39 Å². The molecule has 0 amide bonds. The van der Waals surface area contributed by atoms with Gasteiger partial charge in [0, 0.05) is 11.8 Å². The topological polar surface area (TPSA) is 60.4 Å². The fourth-order valence-electron chi connectivity index (χ4n) is 2.33. The minimum absolute atomic E-state index is 0.0281. The van der Waals surface area contributed by atoms with E-state index >= 15 is 0 Å². The molecule has 21 heavy (non-hydrogen) atoms. The van der Waals surface area contributed by atoms with Gasteiger partial charge in [-0.15, -0.1) is 0 Å². The molecule has 0 spiro atoms. The summed E-state index contributed by atoms with van der Waals surface area (Å²) in [5.74, 6) is -0.729. The molecule has 0 saturated carbocycles. The van der Waals surface area contributed by atoms with Crippen LogP contribution < -0.4 is 0 Å². The summed E-state index contributed by atoms with van der Waals surface area (Å²) in [7, 11) is -2.45. The van der Waals surface area contributed by atoms with E-state index in [1.807, 2.05) is 6.92 Å². The quantitative estimate of drug-likeness (QED) is 0.573. The third-order valence-electron chi connectivity index (χ3n) is 3.30. The molecule has 0 aliphatic carbocycles. The lowest BCUT2D eigenvalue weighted by Crippen LogP contribution is -2.13. The van der Waals surface area contributed by atoms with Crippen LogP contribution in [0.2, 0.25) is 0 Å². The molecular weight excluding hydrogens is 295 g/mol. The third-order valence-corrected chi connectivity index (χ3v) is 4.55. The molecule has 118 valence electrons. The highest BCUT2D eigenvalue weighted by Crippen LogP contribution is 2.27. The van der Waals surface area contributed by atoms with Gasteiger partial charge in [0.2, 0.25) is 0 Å². The smallest absolute Gasteiger partial charge is 0.338 e. The third kappa shape index (κ3) is 4.27. The van der Waals surface area contributed by atoms with Gasteiger partial charge in [0.1, 0.15) is 6.67 Å². The second-order valence-corrected chi connectivity index (χ2v) is 6.89. The van der Waals surface area contributed by atoms with Crippen LogP contribution in [-0.4, -0.2) is 27.8 Å². The van der Waals surface area contributed by atoms with Gasteiger partial charge in [0.15, 0.2) is 9.84 Å². The summed E-state index contributed by atoms with van der Waals surface area (Å²) in [4.78, 5) is 11.6. The molecule has 0 aliphatic heterocycles. The standard InChI is InChI=1S/C15H21FO4S/c1-4-5-6-7-11-8-9-12(15(17)20-2)13(10-16)14(11)21(3,18)19/h8-9H,4-7,10H2,1-3H3. The second-order valence-electron chi connectivity index (χ2n) is 4.93. The number of halogens is 1. The molecule has 0 fully saturated rings. The summed E-state index contributed by atoms with van der Waals surface area (Å²) >= 11 is 0. The molecule has 0 heterocycles. The Morgan fingerprint density at radius 3 is 2.43 bits per heavy atom. The van der Waals surface area contributed by atoms with E-state index in [1.165, 1.54) is 13.2 Å². The molecule has 0 aromatic heterocycles. The molecule has 0 radical (unpaired) electrons. The number of methoxy groups -OCH3 is 1. The van der Waals surface area contributed by atoms with Crippen LogP contribution in [0, 0.1) is 0 Å². The number of unbranched alkanes of at least 4 members (excludes halogenated alkanes) is 2. The molecule has 1 rings (SSSR count). The summed E-state index contributed by atoms with van der Waals surface area (Å²) in [5.41, 5.74) is 0.435. The summed E-state index contributed by atoms with van der Waals surface area (Å²) in [6.45, 7) is 1.03. The number of aryl methyl sites for hydroxylation is 1. The predicted molar refractivity (Wildman–Crippen MR) is 78.9 cm³/mol. The monoisotopic (exact) mass is 316 g/mol. The average molecular weight is 316 g/mol. The number of esters is 1. The van der Waals surface area contributed by atoms with Crippen LogP contribution in [-0.2, 0) is 27.7 Å². The first-order chi connectivity index (χ1) is 9.86. The zero-order valence-electron chi connectivity index (χ0n) is 12.6. The first-order valence-corrected chi connectivity index (χ1v) is 8.75. The van der Waals surface area contributed by atoms with Crippen molar-refractivity contribution in [1.82, 2.24) is 0 Å².